The summed E-state index contributed by atoms with van der Waals surface area (Å²) in [4.78, 5) is 11.7. The van der Waals surface area contributed by atoms with Gasteiger partial charge in [0.1, 0.15) is 0 Å². The fraction of sp³-hybridized carbons (Fsp3) is 0.118. The van der Waals surface area contributed by atoms with Crippen LogP contribution in [0.2, 0.25) is 0 Å². The van der Waals surface area contributed by atoms with E-state index in [-0.39, 0.29) is 5.78 Å². The molecular formula is C17H13BrO. The Labute approximate surface area is 121 Å². The zero-order valence-corrected chi connectivity index (χ0v) is 12.0. The van der Waals surface area contributed by atoms with E-state index >= 15 is 0 Å². The summed E-state index contributed by atoms with van der Waals surface area (Å²) in [6.45, 7) is 0. The monoisotopic (exact) mass is 312 g/mol. The normalized spacial score (nSPS) is 9.53. The minimum absolute atomic E-state index is 0.0215. The van der Waals surface area contributed by atoms with Crippen LogP contribution in [0.15, 0.2) is 59.1 Å². The van der Waals surface area contributed by atoms with Gasteiger partial charge in [0.15, 0.2) is 0 Å². The van der Waals surface area contributed by atoms with Gasteiger partial charge in [0.2, 0.25) is 5.78 Å². The molecule has 2 aromatic carbocycles. The molecule has 0 atom stereocenters. The second-order valence-corrected chi connectivity index (χ2v) is 5.08. The maximum absolute atomic E-state index is 11.7. The number of hydrogen-bond donors (Lipinski definition) is 0. The maximum atomic E-state index is 11.7. The Balaban J connectivity index is 1.89. The first-order valence-electron chi connectivity index (χ1n) is 6.08. The van der Waals surface area contributed by atoms with Crippen LogP contribution < -0.4 is 0 Å². The van der Waals surface area contributed by atoms with Crippen LogP contribution in [0.1, 0.15) is 17.5 Å². The standard InChI is InChI=1S/C17H13BrO/c18-16-10-6-15(7-11-16)9-13-17(19)12-8-14-4-2-1-3-5-14/h1-7,10-11H,9,13H2. The number of hydrogen-bond acceptors (Lipinski definition) is 1. The molecular weight excluding hydrogens is 300 g/mol. The van der Waals surface area contributed by atoms with E-state index in [1.165, 1.54) is 0 Å². The second kappa shape index (κ2) is 6.92. The molecule has 0 saturated carbocycles. The molecule has 0 N–H and O–H groups in total. The number of aryl methyl sites for hydroxylation is 1. The Morgan fingerprint density at radius 2 is 1.68 bits per heavy atom. The van der Waals surface area contributed by atoms with Gasteiger partial charge in [-0.25, -0.2) is 0 Å². The van der Waals surface area contributed by atoms with Gasteiger partial charge in [0.25, 0.3) is 0 Å². The lowest BCUT2D eigenvalue weighted by molar-refractivity contribution is -0.113. The number of carbonyl (C=O) groups excluding carboxylic acids is 1. The fourth-order valence-corrected chi connectivity index (χ4v) is 1.90. The number of Topliss-reactive ketones (excluding diaryl/α,β-unsaturated/α-hetero) is 1. The summed E-state index contributed by atoms with van der Waals surface area (Å²) in [6, 6.07) is 17.5. The third-order valence-electron chi connectivity index (χ3n) is 2.67. The van der Waals surface area contributed by atoms with Crippen LogP contribution in [-0.4, -0.2) is 5.78 Å². The molecule has 0 fully saturated rings. The van der Waals surface area contributed by atoms with Crippen LogP contribution in [-0.2, 0) is 11.2 Å². The molecule has 0 spiro atoms. The summed E-state index contributed by atoms with van der Waals surface area (Å²) in [6.07, 6.45) is 1.19. The Morgan fingerprint density at radius 3 is 2.37 bits per heavy atom. The summed E-state index contributed by atoms with van der Waals surface area (Å²) in [5, 5.41) is 0. The van der Waals surface area contributed by atoms with Crippen LogP contribution in [0, 0.1) is 11.8 Å². The first-order valence-corrected chi connectivity index (χ1v) is 6.88. The molecule has 0 unspecified atom stereocenters. The van der Waals surface area contributed by atoms with Crippen molar-refractivity contribution in [1.82, 2.24) is 0 Å². The van der Waals surface area contributed by atoms with Crippen LogP contribution in [0.5, 0.6) is 0 Å². The van der Waals surface area contributed by atoms with Gasteiger partial charge in [-0.05, 0) is 42.2 Å². The summed E-state index contributed by atoms with van der Waals surface area (Å²) >= 11 is 3.39. The first kappa shape index (κ1) is 13.6. The third-order valence-corrected chi connectivity index (χ3v) is 3.20. The molecule has 0 aliphatic heterocycles. The van der Waals surface area contributed by atoms with Gasteiger partial charge in [-0.15, -0.1) is 0 Å². The quantitative estimate of drug-likeness (QED) is 0.783. The molecule has 19 heavy (non-hydrogen) atoms. The van der Waals surface area contributed by atoms with Crippen LogP contribution >= 0.6 is 15.9 Å². The van der Waals surface area contributed by atoms with E-state index < -0.39 is 0 Å². The average molecular weight is 313 g/mol. The van der Waals surface area contributed by atoms with Crippen molar-refractivity contribution in [2.24, 2.45) is 0 Å². The van der Waals surface area contributed by atoms with Crippen molar-refractivity contribution in [2.75, 3.05) is 0 Å². The smallest absolute Gasteiger partial charge is 0.206 e. The van der Waals surface area contributed by atoms with Gasteiger partial charge in [0.05, 0.1) is 0 Å². The number of rotatable bonds is 3. The minimum atomic E-state index is -0.0215. The molecule has 2 rings (SSSR count). The highest BCUT2D eigenvalue weighted by atomic mass is 79.9. The third kappa shape index (κ3) is 4.73. The number of ketones is 1. The highest BCUT2D eigenvalue weighted by molar-refractivity contribution is 9.10. The fourth-order valence-electron chi connectivity index (χ4n) is 1.63. The molecule has 0 saturated heterocycles. The van der Waals surface area contributed by atoms with E-state index in [1.54, 1.807) is 0 Å². The number of carbonyl (C=O) groups is 1. The van der Waals surface area contributed by atoms with Gasteiger partial charge >= 0.3 is 0 Å². The molecule has 0 amide bonds. The molecule has 0 aromatic heterocycles. The van der Waals surface area contributed by atoms with E-state index in [4.69, 9.17) is 0 Å². The molecule has 2 heteroatoms. The predicted molar refractivity (Wildman–Crippen MR) is 80.8 cm³/mol. The Bertz CT molecular complexity index is 603. The van der Waals surface area contributed by atoms with E-state index in [9.17, 15) is 4.79 Å². The first-order chi connectivity index (χ1) is 9.24. The molecule has 0 radical (unpaired) electrons. The lowest BCUT2D eigenvalue weighted by Gasteiger charge is -1.98. The molecule has 0 bridgehead atoms. The van der Waals surface area contributed by atoms with Crippen molar-refractivity contribution in [3.05, 3.63) is 70.2 Å². The maximum Gasteiger partial charge on any atom is 0.206 e. The average Bonchev–Trinajstić information content (AvgIpc) is 2.45. The lowest BCUT2D eigenvalue weighted by atomic mass is 10.1. The summed E-state index contributed by atoms with van der Waals surface area (Å²) in [5.41, 5.74) is 2.03. The van der Waals surface area contributed by atoms with E-state index in [0.29, 0.717) is 6.42 Å². The number of benzene rings is 2. The molecule has 1 nitrogen and oxygen atoms in total. The van der Waals surface area contributed by atoms with Gasteiger partial charge in [-0.1, -0.05) is 52.2 Å². The van der Waals surface area contributed by atoms with Crippen molar-refractivity contribution >= 4 is 21.7 Å². The minimum Gasteiger partial charge on any atom is -0.285 e. The van der Waals surface area contributed by atoms with Crippen LogP contribution in [0.4, 0.5) is 0 Å². The molecule has 94 valence electrons. The predicted octanol–water partition coefficient (Wildman–Crippen LogP) is 4.00. The number of halogens is 1. The van der Waals surface area contributed by atoms with Gasteiger partial charge in [-0.2, -0.15) is 0 Å². The van der Waals surface area contributed by atoms with Crippen molar-refractivity contribution in [3.63, 3.8) is 0 Å². The summed E-state index contributed by atoms with van der Waals surface area (Å²) < 4.78 is 1.05. The van der Waals surface area contributed by atoms with Gasteiger partial charge < -0.3 is 0 Å². The Kier molecular flexibility index (Phi) is 4.94. The SMILES string of the molecule is O=C(C#Cc1ccccc1)CCc1ccc(Br)cc1. The molecule has 2 aromatic rings. The van der Waals surface area contributed by atoms with Gasteiger partial charge in [0, 0.05) is 16.5 Å². The molecule has 0 aliphatic carbocycles. The Morgan fingerprint density at radius 1 is 1.00 bits per heavy atom. The topological polar surface area (TPSA) is 17.1 Å². The van der Waals surface area contributed by atoms with E-state index in [1.807, 2.05) is 54.6 Å². The molecule has 0 heterocycles. The zero-order chi connectivity index (χ0) is 13.5. The largest absolute Gasteiger partial charge is 0.285 e. The highest BCUT2D eigenvalue weighted by Gasteiger charge is 1.99. The lowest BCUT2D eigenvalue weighted by Crippen LogP contribution is -1.96. The Hall–Kier alpha value is -1.85. The van der Waals surface area contributed by atoms with Crippen molar-refractivity contribution < 1.29 is 4.79 Å². The van der Waals surface area contributed by atoms with E-state index in [2.05, 4.69) is 27.8 Å². The van der Waals surface area contributed by atoms with Crippen molar-refractivity contribution in [2.45, 2.75) is 12.8 Å². The summed E-state index contributed by atoms with van der Waals surface area (Å²) in [5.74, 6) is 5.54. The summed E-state index contributed by atoms with van der Waals surface area (Å²) in [7, 11) is 0. The van der Waals surface area contributed by atoms with E-state index in [0.717, 1.165) is 22.0 Å². The van der Waals surface area contributed by atoms with Crippen molar-refractivity contribution in [3.8, 4) is 11.8 Å². The molecule has 0 aliphatic rings. The van der Waals surface area contributed by atoms with Crippen LogP contribution in [0.3, 0.4) is 0 Å². The highest BCUT2D eigenvalue weighted by Crippen LogP contribution is 2.11. The zero-order valence-electron chi connectivity index (χ0n) is 10.4. The van der Waals surface area contributed by atoms with Crippen molar-refractivity contribution in [1.29, 1.82) is 0 Å². The second-order valence-electron chi connectivity index (χ2n) is 4.17. The van der Waals surface area contributed by atoms with Crippen LogP contribution in [0.25, 0.3) is 0 Å². The van der Waals surface area contributed by atoms with Gasteiger partial charge in [-0.3, -0.25) is 4.79 Å².